The zero-order valence-corrected chi connectivity index (χ0v) is 13.7. The molecule has 4 aliphatic rings. The molecule has 7 atom stereocenters. The lowest BCUT2D eigenvalue weighted by Crippen LogP contribution is -2.40. The van der Waals surface area contributed by atoms with Crippen LogP contribution in [0, 0.1) is 5.92 Å². The van der Waals surface area contributed by atoms with Gasteiger partial charge in [0.1, 0.15) is 18.3 Å². The fourth-order valence-electron chi connectivity index (χ4n) is 4.27. The minimum Gasteiger partial charge on any atom is -0.462 e. The van der Waals surface area contributed by atoms with Crippen molar-refractivity contribution in [2.24, 2.45) is 5.92 Å². The van der Waals surface area contributed by atoms with E-state index in [0.29, 0.717) is 12.0 Å². The van der Waals surface area contributed by atoms with Crippen LogP contribution in [0.4, 0.5) is 0 Å². The van der Waals surface area contributed by atoms with E-state index in [9.17, 15) is 9.59 Å². The lowest BCUT2D eigenvalue weighted by molar-refractivity contribution is -0.151. The highest BCUT2D eigenvalue weighted by atomic mass is 16.7. The molecule has 6 nitrogen and oxygen atoms in total. The average Bonchev–Trinajstić information content (AvgIpc) is 3.27. The quantitative estimate of drug-likeness (QED) is 0.414. The van der Waals surface area contributed by atoms with Gasteiger partial charge in [0.25, 0.3) is 0 Å². The zero-order valence-electron chi connectivity index (χ0n) is 13.7. The highest BCUT2D eigenvalue weighted by molar-refractivity contribution is 5.91. The molecule has 4 fully saturated rings. The molecular formula is C17H22O6. The van der Waals surface area contributed by atoms with E-state index in [1.54, 1.807) is 0 Å². The first kappa shape index (κ1) is 15.1. The van der Waals surface area contributed by atoms with Gasteiger partial charge in [0.05, 0.1) is 23.2 Å². The van der Waals surface area contributed by atoms with Crippen LogP contribution >= 0.6 is 0 Å². The van der Waals surface area contributed by atoms with E-state index in [2.05, 4.69) is 6.58 Å². The summed E-state index contributed by atoms with van der Waals surface area (Å²) < 4.78 is 22.8. The highest BCUT2D eigenvalue weighted by Gasteiger charge is 2.66. The predicted molar refractivity (Wildman–Crippen MR) is 78.5 cm³/mol. The van der Waals surface area contributed by atoms with Crippen molar-refractivity contribution in [1.29, 1.82) is 0 Å². The van der Waals surface area contributed by atoms with Crippen LogP contribution in [0.1, 0.15) is 40.0 Å². The molecule has 4 rings (SSSR count). The minimum absolute atomic E-state index is 0.144. The third-order valence-corrected chi connectivity index (χ3v) is 5.76. The second-order valence-corrected chi connectivity index (χ2v) is 7.58. The van der Waals surface area contributed by atoms with E-state index in [4.69, 9.17) is 18.9 Å². The van der Waals surface area contributed by atoms with E-state index < -0.39 is 18.2 Å². The molecule has 0 aromatic carbocycles. The molecular weight excluding hydrogens is 300 g/mol. The van der Waals surface area contributed by atoms with Crippen LogP contribution < -0.4 is 0 Å². The first-order valence-corrected chi connectivity index (χ1v) is 8.16. The van der Waals surface area contributed by atoms with Crippen LogP contribution in [-0.2, 0) is 28.5 Å². The van der Waals surface area contributed by atoms with Crippen molar-refractivity contribution < 1.29 is 28.5 Å². The number of hydrogen-bond donors (Lipinski definition) is 0. The number of carbonyl (C=O) groups excluding carboxylic acids is 2. The van der Waals surface area contributed by atoms with Gasteiger partial charge in [0.2, 0.25) is 0 Å². The van der Waals surface area contributed by atoms with Crippen molar-refractivity contribution in [2.75, 3.05) is 0 Å². The first-order chi connectivity index (χ1) is 10.7. The Morgan fingerprint density at radius 1 is 1.30 bits per heavy atom. The van der Waals surface area contributed by atoms with Crippen LogP contribution in [0.15, 0.2) is 12.2 Å². The molecule has 6 heteroatoms. The fourth-order valence-corrected chi connectivity index (χ4v) is 4.27. The lowest BCUT2D eigenvalue weighted by Gasteiger charge is -2.28. The molecule has 0 N–H and O–H groups in total. The molecule has 0 amide bonds. The van der Waals surface area contributed by atoms with Crippen LogP contribution in [0.25, 0.3) is 0 Å². The SMILES string of the molecule is C=C1C(=O)O[C@H]2[C@H]1[C@H](OC(C)=O)C[C@]1(C)O[C@@H]1CC[C@@]1(C)O[C@H]21. The van der Waals surface area contributed by atoms with E-state index in [-0.39, 0.29) is 35.3 Å². The van der Waals surface area contributed by atoms with Gasteiger partial charge in [-0.2, -0.15) is 0 Å². The Bertz CT molecular complexity index is 600. The molecule has 1 saturated carbocycles. The number of fused-ring (bicyclic) bond motifs is 4. The highest BCUT2D eigenvalue weighted by Crippen LogP contribution is 2.54. The van der Waals surface area contributed by atoms with Crippen LogP contribution in [-0.4, -0.2) is 47.6 Å². The largest absolute Gasteiger partial charge is 0.462 e. The number of esters is 2. The topological polar surface area (TPSA) is 77.7 Å². The van der Waals surface area contributed by atoms with Gasteiger partial charge in [-0.1, -0.05) is 6.58 Å². The van der Waals surface area contributed by atoms with Gasteiger partial charge in [-0.25, -0.2) is 4.79 Å². The Balaban J connectivity index is 1.69. The Morgan fingerprint density at radius 3 is 2.74 bits per heavy atom. The molecule has 0 bridgehead atoms. The normalized spacial score (nSPS) is 51.0. The van der Waals surface area contributed by atoms with Crippen molar-refractivity contribution in [1.82, 2.24) is 0 Å². The van der Waals surface area contributed by atoms with Crippen molar-refractivity contribution >= 4 is 11.9 Å². The smallest absolute Gasteiger partial charge is 0.334 e. The van der Waals surface area contributed by atoms with Crippen molar-refractivity contribution in [3.05, 3.63) is 12.2 Å². The predicted octanol–water partition coefficient (Wildman–Crippen LogP) is 1.51. The molecule has 0 unspecified atom stereocenters. The summed E-state index contributed by atoms with van der Waals surface area (Å²) in [5.41, 5.74) is -0.270. The maximum atomic E-state index is 12.1. The zero-order chi connectivity index (χ0) is 16.6. The van der Waals surface area contributed by atoms with Crippen LogP contribution in [0.2, 0.25) is 0 Å². The van der Waals surface area contributed by atoms with Crippen molar-refractivity contribution in [3.63, 3.8) is 0 Å². The number of epoxide rings is 2. The summed E-state index contributed by atoms with van der Waals surface area (Å²) in [6, 6.07) is 0. The van der Waals surface area contributed by atoms with Crippen molar-refractivity contribution in [3.8, 4) is 0 Å². The van der Waals surface area contributed by atoms with Gasteiger partial charge in [-0.15, -0.1) is 0 Å². The van der Waals surface area contributed by atoms with E-state index in [1.165, 1.54) is 6.92 Å². The Hall–Kier alpha value is -1.40. The summed E-state index contributed by atoms with van der Waals surface area (Å²) in [6.45, 7) is 9.31. The monoisotopic (exact) mass is 322 g/mol. The summed E-state index contributed by atoms with van der Waals surface area (Å²) in [5.74, 6) is -1.18. The maximum absolute atomic E-state index is 12.1. The number of carbonyl (C=O) groups is 2. The molecule has 3 heterocycles. The van der Waals surface area contributed by atoms with Gasteiger partial charge in [0.15, 0.2) is 0 Å². The Labute approximate surface area is 135 Å². The van der Waals surface area contributed by atoms with Gasteiger partial charge in [0, 0.05) is 18.9 Å². The second-order valence-electron chi connectivity index (χ2n) is 7.58. The summed E-state index contributed by atoms with van der Waals surface area (Å²) in [6.07, 6.45) is 1.34. The molecule has 0 spiro atoms. The molecule has 0 radical (unpaired) electrons. The van der Waals surface area contributed by atoms with Crippen LogP contribution in [0.5, 0.6) is 0 Å². The molecule has 0 aromatic heterocycles. The Morgan fingerprint density at radius 2 is 2.04 bits per heavy atom. The van der Waals surface area contributed by atoms with E-state index in [0.717, 1.165) is 12.8 Å². The standard InChI is InChI=1S/C17H22O6/c1-8-12-10(20-9(2)18)7-17(4)11(22-17)5-6-16(3)14(23-16)13(12)21-15(8)19/h10-14H,1,5-7H2,2-4H3/t10-,11-,12-,13+,14-,16-,17+/m1/s1. The molecule has 3 saturated heterocycles. The van der Waals surface area contributed by atoms with E-state index in [1.807, 2.05) is 13.8 Å². The van der Waals surface area contributed by atoms with Crippen LogP contribution in [0.3, 0.4) is 0 Å². The Kier molecular flexibility index (Phi) is 3.01. The maximum Gasteiger partial charge on any atom is 0.334 e. The average molecular weight is 322 g/mol. The second kappa shape index (κ2) is 4.57. The number of ether oxygens (including phenoxy) is 4. The van der Waals surface area contributed by atoms with Gasteiger partial charge in [-0.3, -0.25) is 4.79 Å². The summed E-state index contributed by atoms with van der Waals surface area (Å²) in [4.78, 5) is 23.6. The first-order valence-electron chi connectivity index (χ1n) is 8.16. The van der Waals surface area contributed by atoms with Crippen molar-refractivity contribution in [2.45, 2.75) is 75.7 Å². The minimum atomic E-state index is -0.488. The number of rotatable bonds is 1. The molecule has 23 heavy (non-hydrogen) atoms. The molecule has 0 aromatic rings. The lowest BCUT2D eigenvalue weighted by atomic mass is 9.79. The van der Waals surface area contributed by atoms with E-state index >= 15 is 0 Å². The third-order valence-electron chi connectivity index (χ3n) is 5.76. The third kappa shape index (κ3) is 2.31. The van der Waals surface area contributed by atoms with Gasteiger partial charge < -0.3 is 18.9 Å². The van der Waals surface area contributed by atoms with Gasteiger partial charge >= 0.3 is 11.9 Å². The molecule has 1 aliphatic carbocycles. The number of hydrogen-bond acceptors (Lipinski definition) is 6. The summed E-state index contributed by atoms with van der Waals surface area (Å²) in [7, 11) is 0. The summed E-state index contributed by atoms with van der Waals surface area (Å²) in [5, 5.41) is 0. The molecule has 126 valence electrons. The van der Waals surface area contributed by atoms with Gasteiger partial charge in [-0.05, 0) is 26.7 Å². The molecule has 3 aliphatic heterocycles. The fraction of sp³-hybridized carbons (Fsp3) is 0.765. The summed E-state index contributed by atoms with van der Waals surface area (Å²) >= 11 is 0.